The lowest BCUT2D eigenvalue weighted by Crippen LogP contribution is -2.38. The molecule has 3 aromatic carbocycles. The number of carbonyl (C=O) groups is 2. The number of halogens is 2. The number of hydrogen-bond donors (Lipinski definition) is 1. The summed E-state index contributed by atoms with van der Waals surface area (Å²) < 4.78 is 2.21. The van der Waals surface area contributed by atoms with Crippen LogP contribution < -0.4 is 0 Å². The molecule has 206 valence electrons. The van der Waals surface area contributed by atoms with Crippen LogP contribution in [0.1, 0.15) is 78.8 Å². The maximum absolute atomic E-state index is 12.5. The van der Waals surface area contributed by atoms with E-state index in [1.54, 1.807) is 0 Å². The van der Waals surface area contributed by atoms with Crippen molar-refractivity contribution in [2.45, 2.75) is 56.4 Å². The molecule has 4 aromatic rings. The van der Waals surface area contributed by atoms with Crippen molar-refractivity contribution in [3.63, 3.8) is 0 Å². The summed E-state index contributed by atoms with van der Waals surface area (Å²) in [6.07, 6.45) is 3.86. The van der Waals surface area contributed by atoms with E-state index in [0.717, 1.165) is 48.0 Å². The molecule has 0 bridgehead atoms. The van der Waals surface area contributed by atoms with Crippen LogP contribution >= 0.6 is 23.2 Å². The number of rotatable bonds is 8. The minimum atomic E-state index is -0.938. The second-order valence-corrected chi connectivity index (χ2v) is 11.8. The summed E-state index contributed by atoms with van der Waals surface area (Å²) in [5, 5.41) is 16.7. The summed E-state index contributed by atoms with van der Waals surface area (Å²) in [6.45, 7) is 1.25. The zero-order valence-corrected chi connectivity index (χ0v) is 23.6. The van der Waals surface area contributed by atoms with Crippen molar-refractivity contribution < 1.29 is 14.7 Å². The Morgan fingerprint density at radius 1 is 0.825 bits per heavy atom. The highest BCUT2D eigenvalue weighted by Crippen LogP contribution is 2.42. The molecule has 2 heterocycles. The summed E-state index contributed by atoms with van der Waals surface area (Å²) in [5.41, 5.74) is 5.74. The number of fused-ring (bicyclic) bond motifs is 1. The van der Waals surface area contributed by atoms with Crippen molar-refractivity contribution in [3.05, 3.63) is 99.2 Å². The minimum absolute atomic E-state index is 0.00441. The highest BCUT2D eigenvalue weighted by atomic mass is 35.5. The lowest BCUT2D eigenvalue weighted by Gasteiger charge is -2.31. The van der Waals surface area contributed by atoms with E-state index in [1.807, 2.05) is 29.2 Å². The summed E-state index contributed by atoms with van der Waals surface area (Å²) in [5.74, 6) is -0.771. The van der Waals surface area contributed by atoms with Crippen molar-refractivity contribution in [2.24, 2.45) is 0 Å². The first kappa shape index (κ1) is 26.9. The van der Waals surface area contributed by atoms with Crippen molar-refractivity contribution in [2.75, 3.05) is 13.1 Å². The molecule has 0 radical (unpaired) electrons. The molecule has 8 heteroatoms. The molecule has 1 saturated carbocycles. The number of carboxylic acid groups (broad SMARTS) is 1. The Morgan fingerprint density at radius 2 is 1.40 bits per heavy atom. The molecule has 40 heavy (non-hydrogen) atoms. The first-order chi connectivity index (χ1) is 19.4. The molecule has 1 N–H and O–H groups in total. The van der Waals surface area contributed by atoms with Crippen LogP contribution in [0.25, 0.3) is 10.9 Å². The van der Waals surface area contributed by atoms with Crippen LogP contribution in [-0.2, 0) is 9.59 Å². The fourth-order valence-electron chi connectivity index (χ4n) is 5.92. The van der Waals surface area contributed by atoms with Crippen molar-refractivity contribution >= 4 is 46.0 Å². The standard InChI is InChI=1S/C32H31Cl2N3O3/c33-24-6-1-20(2-7-24)31(21-3-8-25(34)9-4-21)23-5-12-28-27(19-23)32(35-37(28)26-10-11-26)22-15-17-36(18-16-22)29(38)13-14-30(39)40/h1-9,12,19,22,26,31H,10-11,13-18H2,(H,39,40). The van der Waals surface area contributed by atoms with Crippen LogP contribution in [0.15, 0.2) is 66.7 Å². The molecule has 1 aliphatic heterocycles. The highest BCUT2D eigenvalue weighted by Gasteiger charge is 2.32. The van der Waals surface area contributed by atoms with Crippen LogP contribution in [-0.4, -0.2) is 44.8 Å². The van der Waals surface area contributed by atoms with Gasteiger partial charge in [-0.2, -0.15) is 5.10 Å². The molecule has 6 rings (SSSR count). The second kappa shape index (κ2) is 11.3. The topological polar surface area (TPSA) is 75.4 Å². The smallest absolute Gasteiger partial charge is 0.303 e. The third kappa shape index (κ3) is 5.61. The largest absolute Gasteiger partial charge is 0.481 e. The van der Waals surface area contributed by atoms with E-state index in [2.05, 4.69) is 47.1 Å². The number of hydrogen-bond acceptors (Lipinski definition) is 3. The van der Waals surface area contributed by atoms with E-state index < -0.39 is 5.97 Å². The number of carboxylic acids is 1. The van der Waals surface area contributed by atoms with Gasteiger partial charge in [0.1, 0.15) is 0 Å². The number of piperidine rings is 1. The van der Waals surface area contributed by atoms with E-state index in [9.17, 15) is 9.59 Å². The quantitative estimate of drug-likeness (QED) is 0.222. The molecule has 2 aliphatic rings. The number of amides is 1. The van der Waals surface area contributed by atoms with E-state index >= 15 is 0 Å². The van der Waals surface area contributed by atoms with Gasteiger partial charge in [-0.25, -0.2) is 0 Å². The fourth-order valence-corrected chi connectivity index (χ4v) is 6.18. The van der Waals surface area contributed by atoms with Crippen molar-refractivity contribution in [3.8, 4) is 0 Å². The molecule has 2 fully saturated rings. The predicted molar refractivity (Wildman–Crippen MR) is 157 cm³/mol. The molecule has 1 aromatic heterocycles. The summed E-state index contributed by atoms with van der Waals surface area (Å²) in [4.78, 5) is 25.2. The normalized spacial score (nSPS) is 16.1. The molecule has 1 saturated heterocycles. The third-order valence-electron chi connectivity index (χ3n) is 8.18. The van der Waals surface area contributed by atoms with E-state index in [-0.39, 0.29) is 30.6 Å². The van der Waals surface area contributed by atoms with Gasteiger partial charge >= 0.3 is 5.97 Å². The third-order valence-corrected chi connectivity index (χ3v) is 8.68. The van der Waals surface area contributed by atoms with Crippen molar-refractivity contribution in [1.82, 2.24) is 14.7 Å². The van der Waals surface area contributed by atoms with Crippen molar-refractivity contribution in [1.29, 1.82) is 0 Å². The Balaban J connectivity index is 1.35. The zero-order valence-electron chi connectivity index (χ0n) is 22.1. The van der Waals surface area contributed by atoms with E-state index in [4.69, 9.17) is 33.4 Å². The number of aromatic nitrogens is 2. The predicted octanol–water partition coefficient (Wildman–Crippen LogP) is 7.43. The van der Waals surface area contributed by atoms with Crippen LogP contribution in [0, 0.1) is 0 Å². The van der Waals surface area contributed by atoms with Gasteiger partial charge in [0.25, 0.3) is 0 Å². The molecule has 6 nitrogen and oxygen atoms in total. The van der Waals surface area contributed by atoms with Gasteiger partial charge in [0.05, 0.1) is 23.7 Å². The maximum atomic E-state index is 12.5. The van der Waals surface area contributed by atoms with Crippen LogP contribution in [0.2, 0.25) is 10.0 Å². The van der Waals surface area contributed by atoms with E-state index in [1.165, 1.54) is 10.9 Å². The van der Waals surface area contributed by atoms with Crippen LogP contribution in [0.5, 0.6) is 0 Å². The second-order valence-electron chi connectivity index (χ2n) is 10.9. The lowest BCUT2D eigenvalue weighted by molar-refractivity contribution is -0.141. The number of nitrogens with zero attached hydrogens (tertiary/aromatic N) is 3. The average molecular weight is 577 g/mol. The molecular formula is C32H31Cl2N3O3. The average Bonchev–Trinajstić information content (AvgIpc) is 3.74. The number of likely N-dealkylation sites (tertiary alicyclic amines) is 1. The Kier molecular flexibility index (Phi) is 7.56. The Hall–Kier alpha value is -3.35. The van der Waals surface area contributed by atoms with Gasteiger partial charge in [0.2, 0.25) is 5.91 Å². The molecule has 0 unspecified atom stereocenters. The number of benzene rings is 3. The fraction of sp³-hybridized carbons (Fsp3) is 0.344. The van der Waals surface area contributed by atoms with E-state index in [0.29, 0.717) is 29.2 Å². The highest BCUT2D eigenvalue weighted by molar-refractivity contribution is 6.30. The lowest BCUT2D eigenvalue weighted by atomic mass is 9.84. The molecule has 0 spiro atoms. The first-order valence-corrected chi connectivity index (χ1v) is 14.7. The molecule has 1 aliphatic carbocycles. The Labute approximate surface area is 243 Å². The molecular weight excluding hydrogens is 545 g/mol. The SMILES string of the molecule is O=C(O)CCC(=O)N1CCC(c2nn(C3CC3)c3ccc(C(c4ccc(Cl)cc4)c4ccc(Cl)cc4)cc23)CC1. The first-order valence-electron chi connectivity index (χ1n) is 13.9. The van der Waals surface area contributed by atoms with Gasteiger partial charge in [0.15, 0.2) is 0 Å². The monoisotopic (exact) mass is 575 g/mol. The van der Waals surface area contributed by atoms with Gasteiger partial charge in [-0.15, -0.1) is 0 Å². The van der Waals surface area contributed by atoms with Crippen LogP contribution in [0.3, 0.4) is 0 Å². The molecule has 1 amide bonds. The minimum Gasteiger partial charge on any atom is -0.481 e. The number of aliphatic carboxylic acids is 1. The van der Waals surface area contributed by atoms with Gasteiger partial charge in [-0.3, -0.25) is 14.3 Å². The Bertz CT molecular complexity index is 1490. The zero-order chi connectivity index (χ0) is 27.8. The van der Waals surface area contributed by atoms with Gasteiger partial charge in [-0.1, -0.05) is 53.5 Å². The van der Waals surface area contributed by atoms with Gasteiger partial charge in [-0.05, 0) is 78.8 Å². The van der Waals surface area contributed by atoms with Gasteiger partial charge < -0.3 is 10.0 Å². The summed E-state index contributed by atoms with van der Waals surface area (Å²) >= 11 is 12.5. The maximum Gasteiger partial charge on any atom is 0.303 e. The summed E-state index contributed by atoms with van der Waals surface area (Å²) in [7, 11) is 0. The van der Waals surface area contributed by atoms with Crippen LogP contribution in [0.4, 0.5) is 0 Å². The Morgan fingerprint density at radius 3 is 1.95 bits per heavy atom. The number of carbonyl (C=O) groups excluding carboxylic acids is 1. The van der Waals surface area contributed by atoms with Gasteiger partial charge in [0, 0.05) is 46.8 Å². The molecule has 0 atom stereocenters. The summed E-state index contributed by atoms with van der Waals surface area (Å²) in [6, 6.07) is 23.2.